The first kappa shape index (κ1) is 10.7. The van der Waals surface area contributed by atoms with Gasteiger partial charge in [0.05, 0.1) is 0 Å². The molecule has 15 heavy (non-hydrogen) atoms. The van der Waals surface area contributed by atoms with E-state index in [0.29, 0.717) is 5.92 Å². The maximum Gasteiger partial charge on any atom is 0.407 e. The SMILES string of the molecule is CN(C(=O)O)C1C2CNCC21C(C)(C)C. The molecule has 0 aromatic rings. The van der Waals surface area contributed by atoms with Gasteiger partial charge in [0.25, 0.3) is 0 Å². The van der Waals surface area contributed by atoms with Crippen LogP contribution in [0.4, 0.5) is 4.79 Å². The molecule has 0 aromatic carbocycles. The van der Waals surface area contributed by atoms with Crippen molar-refractivity contribution in [2.45, 2.75) is 26.8 Å². The lowest BCUT2D eigenvalue weighted by molar-refractivity contribution is 0.126. The number of carboxylic acid groups (broad SMARTS) is 1. The van der Waals surface area contributed by atoms with E-state index in [-0.39, 0.29) is 16.9 Å². The summed E-state index contributed by atoms with van der Waals surface area (Å²) in [5, 5.41) is 12.4. The van der Waals surface area contributed by atoms with Gasteiger partial charge in [-0.2, -0.15) is 0 Å². The fourth-order valence-electron chi connectivity index (χ4n) is 3.46. The van der Waals surface area contributed by atoms with Crippen molar-refractivity contribution in [1.29, 1.82) is 0 Å². The monoisotopic (exact) mass is 212 g/mol. The Balaban J connectivity index is 2.23. The first-order chi connectivity index (χ1) is 6.82. The molecule has 4 heteroatoms. The highest BCUT2D eigenvalue weighted by Crippen LogP contribution is 2.66. The van der Waals surface area contributed by atoms with Crippen LogP contribution in [-0.2, 0) is 0 Å². The van der Waals surface area contributed by atoms with E-state index in [9.17, 15) is 4.79 Å². The molecule has 1 saturated carbocycles. The van der Waals surface area contributed by atoms with Crippen molar-refractivity contribution in [1.82, 2.24) is 10.2 Å². The highest BCUT2D eigenvalue weighted by atomic mass is 16.4. The molecule has 0 spiro atoms. The van der Waals surface area contributed by atoms with Crippen LogP contribution in [0.1, 0.15) is 20.8 Å². The van der Waals surface area contributed by atoms with Crippen LogP contribution >= 0.6 is 0 Å². The zero-order valence-corrected chi connectivity index (χ0v) is 9.87. The average Bonchev–Trinajstić information content (AvgIpc) is 2.52. The number of nitrogens with one attached hydrogen (secondary N) is 1. The maximum absolute atomic E-state index is 11.0. The minimum Gasteiger partial charge on any atom is -0.465 e. The Morgan fingerprint density at radius 3 is 2.53 bits per heavy atom. The summed E-state index contributed by atoms with van der Waals surface area (Å²) in [7, 11) is 1.69. The Morgan fingerprint density at radius 1 is 1.53 bits per heavy atom. The van der Waals surface area contributed by atoms with Gasteiger partial charge in [0.2, 0.25) is 0 Å². The third kappa shape index (κ3) is 1.20. The molecule has 86 valence electrons. The molecule has 4 nitrogen and oxygen atoms in total. The second kappa shape index (κ2) is 2.88. The van der Waals surface area contributed by atoms with Crippen LogP contribution < -0.4 is 5.32 Å². The minimum absolute atomic E-state index is 0.153. The van der Waals surface area contributed by atoms with Gasteiger partial charge in [0.15, 0.2) is 0 Å². The predicted molar refractivity (Wildman–Crippen MR) is 57.8 cm³/mol. The van der Waals surface area contributed by atoms with Gasteiger partial charge in [-0.15, -0.1) is 0 Å². The quantitative estimate of drug-likeness (QED) is 0.687. The molecule has 0 aromatic heterocycles. The first-order valence-electron chi connectivity index (χ1n) is 5.49. The van der Waals surface area contributed by atoms with E-state index in [1.807, 2.05) is 0 Å². The molecule has 2 aliphatic rings. The molecule has 1 aliphatic carbocycles. The Bertz CT molecular complexity index is 297. The zero-order chi connectivity index (χ0) is 11.4. The van der Waals surface area contributed by atoms with Gasteiger partial charge < -0.3 is 15.3 Å². The fraction of sp³-hybridized carbons (Fsp3) is 0.909. The summed E-state index contributed by atoms with van der Waals surface area (Å²) >= 11 is 0. The normalized spacial score (nSPS) is 38.7. The van der Waals surface area contributed by atoms with Crippen molar-refractivity contribution in [3.63, 3.8) is 0 Å². The summed E-state index contributed by atoms with van der Waals surface area (Å²) in [5.41, 5.74) is 0.315. The molecule has 2 rings (SSSR count). The molecule has 1 aliphatic heterocycles. The van der Waals surface area contributed by atoms with Crippen LogP contribution in [0.5, 0.6) is 0 Å². The van der Waals surface area contributed by atoms with Crippen molar-refractivity contribution in [2.24, 2.45) is 16.7 Å². The van der Waals surface area contributed by atoms with Gasteiger partial charge in [-0.05, 0) is 5.41 Å². The van der Waals surface area contributed by atoms with Crippen LogP contribution in [0.25, 0.3) is 0 Å². The maximum atomic E-state index is 11.0. The fourth-order valence-corrected chi connectivity index (χ4v) is 3.46. The van der Waals surface area contributed by atoms with E-state index in [1.54, 1.807) is 7.05 Å². The van der Waals surface area contributed by atoms with Crippen LogP contribution in [0.15, 0.2) is 0 Å². The number of rotatable bonds is 1. The number of carbonyl (C=O) groups is 1. The van der Waals surface area contributed by atoms with E-state index < -0.39 is 6.09 Å². The Morgan fingerprint density at radius 2 is 2.13 bits per heavy atom. The number of piperidine rings is 1. The highest BCUT2D eigenvalue weighted by Gasteiger charge is 2.73. The molecule has 1 amide bonds. The predicted octanol–water partition coefficient (Wildman–Crippen LogP) is 1.23. The summed E-state index contributed by atoms with van der Waals surface area (Å²) in [4.78, 5) is 12.5. The summed E-state index contributed by atoms with van der Waals surface area (Å²) < 4.78 is 0. The molecule has 1 saturated heterocycles. The second-order valence-corrected chi connectivity index (χ2v) is 5.87. The first-order valence-corrected chi connectivity index (χ1v) is 5.49. The standard InChI is InChI=1S/C11H20N2O2/c1-10(2,3)11-6-12-5-7(11)8(11)13(4)9(14)15/h7-8,12H,5-6H2,1-4H3,(H,14,15). The van der Waals surface area contributed by atoms with Gasteiger partial charge in [0, 0.05) is 37.5 Å². The summed E-state index contributed by atoms with van der Waals surface area (Å²) in [5.74, 6) is 0.499. The number of amides is 1. The van der Waals surface area contributed by atoms with Gasteiger partial charge >= 0.3 is 6.09 Å². The summed E-state index contributed by atoms with van der Waals surface area (Å²) in [6, 6.07) is 0.205. The second-order valence-electron chi connectivity index (χ2n) is 5.87. The van der Waals surface area contributed by atoms with Gasteiger partial charge in [0.1, 0.15) is 0 Å². The zero-order valence-electron chi connectivity index (χ0n) is 9.87. The van der Waals surface area contributed by atoms with Crippen molar-refractivity contribution in [2.75, 3.05) is 20.1 Å². The average molecular weight is 212 g/mol. The molecule has 1 heterocycles. The van der Waals surface area contributed by atoms with Crippen molar-refractivity contribution < 1.29 is 9.90 Å². The Labute approximate surface area is 90.6 Å². The molecule has 0 bridgehead atoms. The van der Waals surface area contributed by atoms with E-state index in [2.05, 4.69) is 26.1 Å². The topological polar surface area (TPSA) is 52.6 Å². The van der Waals surface area contributed by atoms with Crippen LogP contribution in [-0.4, -0.2) is 42.3 Å². The molecular formula is C11H20N2O2. The van der Waals surface area contributed by atoms with E-state index >= 15 is 0 Å². The molecule has 3 unspecified atom stereocenters. The van der Waals surface area contributed by atoms with Crippen LogP contribution in [0.3, 0.4) is 0 Å². The van der Waals surface area contributed by atoms with Crippen LogP contribution in [0.2, 0.25) is 0 Å². The van der Waals surface area contributed by atoms with E-state index in [0.717, 1.165) is 13.1 Å². The third-order valence-corrected chi connectivity index (χ3v) is 4.36. The molecule has 2 fully saturated rings. The summed E-state index contributed by atoms with van der Waals surface area (Å²) in [6.07, 6.45) is -0.807. The highest BCUT2D eigenvalue weighted by molar-refractivity contribution is 5.66. The Kier molecular flexibility index (Phi) is 2.06. The molecule has 0 radical (unpaired) electrons. The van der Waals surface area contributed by atoms with E-state index in [4.69, 9.17) is 5.11 Å². The number of fused-ring (bicyclic) bond motifs is 1. The minimum atomic E-state index is -0.807. The molecule has 2 N–H and O–H groups in total. The molecule has 3 atom stereocenters. The lowest BCUT2D eigenvalue weighted by atomic mass is 9.76. The van der Waals surface area contributed by atoms with Gasteiger partial charge in [-0.25, -0.2) is 4.79 Å². The van der Waals surface area contributed by atoms with Gasteiger partial charge in [-0.3, -0.25) is 0 Å². The third-order valence-electron chi connectivity index (χ3n) is 4.36. The Hall–Kier alpha value is -0.770. The van der Waals surface area contributed by atoms with Crippen molar-refractivity contribution >= 4 is 6.09 Å². The van der Waals surface area contributed by atoms with Crippen molar-refractivity contribution in [3.05, 3.63) is 0 Å². The number of nitrogens with zero attached hydrogens (tertiary/aromatic N) is 1. The van der Waals surface area contributed by atoms with Crippen LogP contribution in [0, 0.1) is 16.7 Å². The lowest BCUT2D eigenvalue weighted by Gasteiger charge is -2.32. The van der Waals surface area contributed by atoms with Crippen molar-refractivity contribution in [3.8, 4) is 0 Å². The lowest BCUT2D eigenvalue weighted by Crippen LogP contribution is -2.41. The van der Waals surface area contributed by atoms with E-state index in [1.165, 1.54) is 4.90 Å². The van der Waals surface area contributed by atoms with Gasteiger partial charge in [-0.1, -0.05) is 20.8 Å². The molecular weight excluding hydrogens is 192 g/mol. The largest absolute Gasteiger partial charge is 0.465 e. The smallest absolute Gasteiger partial charge is 0.407 e. The summed E-state index contributed by atoms with van der Waals surface area (Å²) in [6.45, 7) is 8.54. The number of hydrogen-bond donors (Lipinski definition) is 2. The number of hydrogen-bond acceptors (Lipinski definition) is 2.